The Bertz CT molecular complexity index is 902. The summed E-state index contributed by atoms with van der Waals surface area (Å²) < 4.78 is 10.8. The highest BCUT2D eigenvalue weighted by molar-refractivity contribution is 5.94. The molecule has 1 aliphatic rings. The van der Waals surface area contributed by atoms with Crippen molar-refractivity contribution in [1.29, 1.82) is 0 Å². The molecule has 1 unspecified atom stereocenters. The van der Waals surface area contributed by atoms with E-state index in [2.05, 4.69) is 24.3 Å². The van der Waals surface area contributed by atoms with E-state index in [1.54, 1.807) is 36.1 Å². The molecule has 1 fully saturated rings. The summed E-state index contributed by atoms with van der Waals surface area (Å²) in [5.74, 6) is 0.521. The molecule has 0 N–H and O–H groups in total. The number of piperidine rings is 1. The second-order valence-corrected chi connectivity index (χ2v) is 8.27. The monoisotopic (exact) mass is 437 g/mol. The Balaban J connectivity index is 1.35. The zero-order chi connectivity index (χ0) is 22.9. The first-order chi connectivity index (χ1) is 15.4. The fourth-order valence-corrected chi connectivity index (χ4v) is 3.91. The van der Waals surface area contributed by atoms with Crippen molar-refractivity contribution in [2.24, 2.45) is 5.92 Å². The SMILES string of the molecule is CC(=O)c1ccc(OCCC(=O)OC(C)C(=O)N2CCC(Cc3ccccc3)CC2)cc1. The van der Waals surface area contributed by atoms with Crippen molar-refractivity contribution in [2.75, 3.05) is 19.7 Å². The molecule has 1 atom stereocenters. The summed E-state index contributed by atoms with van der Waals surface area (Å²) in [5.41, 5.74) is 1.93. The number of likely N-dealkylation sites (tertiary alicyclic amines) is 1. The van der Waals surface area contributed by atoms with E-state index in [9.17, 15) is 14.4 Å². The number of benzene rings is 2. The van der Waals surface area contributed by atoms with Crippen molar-refractivity contribution in [3.8, 4) is 5.75 Å². The highest BCUT2D eigenvalue weighted by Crippen LogP contribution is 2.22. The molecule has 170 valence electrons. The van der Waals surface area contributed by atoms with Crippen LogP contribution in [0.5, 0.6) is 5.75 Å². The van der Waals surface area contributed by atoms with Gasteiger partial charge in [0.05, 0.1) is 13.0 Å². The van der Waals surface area contributed by atoms with Crippen LogP contribution in [0.2, 0.25) is 0 Å². The number of carbonyl (C=O) groups excluding carboxylic acids is 3. The van der Waals surface area contributed by atoms with Crippen molar-refractivity contribution in [3.63, 3.8) is 0 Å². The summed E-state index contributed by atoms with van der Waals surface area (Å²) in [7, 11) is 0. The number of esters is 1. The number of hydrogen-bond acceptors (Lipinski definition) is 5. The highest BCUT2D eigenvalue weighted by Gasteiger charge is 2.28. The summed E-state index contributed by atoms with van der Waals surface area (Å²) >= 11 is 0. The van der Waals surface area contributed by atoms with Gasteiger partial charge in [0, 0.05) is 18.7 Å². The lowest BCUT2D eigenvalue weighted by molar-refractivity contribution is -0.160. The third-order valence-corrected chi connectivity index (χ3v) is 5.79. The van der Waals surface area contributed by atoms with Gasteiger partial charge in [-0.25, -0.2) is 0 Å². The van der Waals surface area contributed by atoms with Gasteiger partial charge in [0.15, 0.2) is 11.9 Å². The molecule has 1 heterocycles. The number of ether oxygens (including phenoxy) is 2. The molecule has 1 aliphatic heterocycles. The molecule has 32 heavy (non-hydrogen) atoms. The van der Waals surface area contributed by atoms with Gasteiger partial charge in [-0.1, -0.05) is 30.3 Å². The number of rotatable bonds is 9. The van der Waals surface area contributed by atoms with E-state index < -0.39 is 12.1 Å². The maximum atomic E-state index is 12.7. The lowest BCUT2D eigenvalue weighted by Gasteiger charge is -2.33. The van der Waals surface area contributed by atoms with E-state index in [0.29, 0.717) is 30.3 Å². The van der Waals surface area contributed by atoms with Gasteiger partial charge in [-0.15, -0.1) is 0 Å². The third kappa shape index (κ3) is 6.94. The van der Waals surface area contributed by atoms with Crippen LogP contribution in [-0.4, -0.2) is 48.4 Å². The lowest BCUT2D eigenvalue weighted by Crippen LogP contribution is -2.44. The maximum absolute atomic E-state index is 12.7. The van der Waals surface area contributed by atoms with Crippen molar-refractivity contribution in [2.45, 2.75) is 45.6 Å². The maximum Gasteiger partial charge on any atom is 0.310 e. The largest absolute Gasteiger partial charge is 0.493 e. The quantitative estimate of drug-likeness (QED) is 0.437. The molecule has 6 nitrogen and oxygen atoms in total. The number of nitrogens with zero attached hydrogens (tertiary/aromatic N) is 1. The van der Waals surface area contributed by atoms with E-state index in [1.165, 1.54) is 12.5 Å². The Kier molecular flexibility index (Phi) is 8.42. The molecule has 2 aromatic carbocycles. The number of ketones is 1. The first-order valence-electron chi connectivity index (χ1n) is 11.2. The number of carbonyl (C=O) groups is 3. The molecule has 1 saturated heterocycles. The number of Topliss-reactive ketones (excluding diaryl/α,β-unsaturated/α-hetero) is 1. The van der Waals surface area contributed by atoms with Gasteiger partial charge in [-0.3, -0.25) is 14.4 Å². The molecule has 2 aromatic rings. The minimum atomic E-state index is -0.803. The molecular weight excluding hydrogens is 406 g/mol. The standard InChI is InChI=1S/C26H31NO5/c1-19(28)23-8-10-24(11-9-23)31-17-14-25(29)32-20(2)26(30)27-15-12-22(13-16-27)18-21-6-4-3-5-7-21/h3-11,20,22H,12-18H2,1-2H3. The lowest BCUT2D eigenvalue weighted by atomic mass is 9.90. The van der Waals surface area contributed by atoms with Crippen LogP contribution in [-0.2, 0) is 20.7 Å². The minimum Gasteiger partial charge on any atom is -0.493 e. The predicted molar refractivity (Wildman–Crippen MR) is 122 cm³/mol. The molecule has 6 heteroatoms. The van der Waals surface area contributed by atoms with Crippen molar-refractivity contribution < 1.29 is 23.9 Å². The Morgan fingerprint density at radius 2 is 1.66 bits per heavy atom. The van der Waals surface area contributed by atoms with Gasteiger partial charge in [0.25, 0.3) is 5.91 Å². The number of hydrogen-bond donors (Lipinski definition) is 0. The van der Waals surface area contributed by atoms with Gasteiger partial charge in [0.2, 0.25) is 0 Å². The van der Waals surface area contributed by atoms with E-state index in [4.69, 9.17) is 9.47 Å². The Labute approximate surface area is 189 Å². The van der Waals surface area contributed by atoms with E-state index in [1.807, 2.05) is 6.07 Å². The summed E-state index contributed by atoms with van der Waals surface area (Å²) in [6.07, 6.45) is 2.19. The molecule has 0 bridgehead atoms. The Morgan fingerprint density at radius 3 is 2.28 bits per heavy atom. The molecule has 0 aliphatic carbocycles. The molecule has 0 spiro atoms. The normalized spacial score (nSPS) is 15.1. The zero-order valence-electron chi connectivity index (χ0n) is 18.8. The molecule has 0 aromatic heterocycles. The Hall–Kier alpha value is -3.15. The van der Waals surface area contributed by atoms with Gasteiger partial charge in [0.1, 0.15) is 5.75 Å². The molecule has 3 rings (SSSR count). The zero-order valence-corrected chi connectivity index (χ0v) is 18.8. The molecule has 0 saturated carbocycles. The number of amides is 1. The predicted octanol–water partition coefficient (Wildman–Crippen LogP) is 4.07. The molecule has 1 amide bonds. The average molecular weight is 438 g/mol. The summed E-state index contributed by atoms with van der Waals surface area (Å²) in [6.45, 7) is 4.65. The first kappa shape index (κ1) is 23.5. The Morgan fingerprint density at radius 1 is 1.00 bits per heavy atom. The van der Waals surface area contributed by atoms with Crippen LogP contribution in [0.1, 0.15) is 49.0 Å². The van der Waals surface area contributed by atoms with Crippen molar-refractivity contribution in [3.05, 3.63) is 65.7 Å². The molecule has 0 radical (unpaired) electrons. The van der Waals surface area contributed by atoms with Crippen molar-refractivity contribution in [1.82, 2.24) is 4.90 Å². The smallest absolute Gasteiger partial charge is 0.310 e. The van der Waals surface area contributed by atoms with E-state index in [0.717, 1.165) is 19.3 Å². The van der Waals surface area contributed by atoms with E-state index in [-0.39, 0.29) is 24.7 Å². The fraction of sp³-hybridized carbons (Fsp3) is 0.423. The van der Waals surface area contributed by atoms with Crippen LogP contribution in [0.15, 0.2) is 54.6 Å². The minimum absolute atomic E-state index is 0.0146. The van der Waals surface area contributed by atoms with Gasteiger partial charge in [-0.2, -0.15) is 0 Å². The second kappa shape index (κ2) is 11.5. The van der Waals surface area contributed by atoms with Crippen LogP contribution < -0.4 is 4.74 Å². The van der Waals surface area contributed by atoms with Gasteiger partial charge >= 0.3 is 5.97 Å². The van der Waals surface area contributed by atoms with Crippen LogP contribution in [0.3, 0.4) is 0 Å². The van der Waals surface area contributed by atoms with Crippen LogP contribution in [0.4, 0.5) is 0 Å². The summed E-state index contributed by atoms with van der Waals surface area (Å²) in [4.78, 5) is 37.9. The van der Waals surface area contributed by atoms with Crippen LogP contribution in [0.25, 0.3) is 0 Å². The topological polar surface area (TPSA) is 72.9 Å². The van der Waals surface area contributed by atoms with Crippen molar-refractivity contribution >= 4 is 17.7 Å². The van der Waals surface area contributed by atoms with Gasteiger partial charge in [-0.05, 0) is 68.9 Å². The first-order valence-corrected chi connectivity index (χ1v) is 11.2. The highest BCUT2D eigenvalue weighted by atomic mass is 16.6. The molecular formula is C26H31NO5. The van der Waals surface area contributed by atoms with E-state index >= 15 is 0 Å². The second-order valence-electron chi connectivity index (χ2n) is 8.27. The van der Waals surface area contributed by atoms with Crippen LogP contribution >= 0.6 is 0 Å². The summed E-state index contributed by atoms with van der Waals surface area (Å²) in [6, 6.07) is 17.2. The van der Waals surface area contributed by atoms with Gasteiger partial charge < -0.3 is 14.4 Å². The third-order valence-electron chi connectivity index (χ3n) is 5.79. The summed E-state index contributed by atoms with van der Waals surface area (Å²) in [5, 5.41) is 0. The average Bonchev–Trinajstić information content (AvgIpc) is 2.80. The fourth-order valence-electron chi connectivity index (χ4n) is 3.91. The van der Waals surface area contributed by atoms with Crippen LogP contribution in [0, 0.1) is 5.92 Å².